The highest BCUT2D eigenvalue weighted by atomic mass is 16.5. The molecule has 0 spiro atoms. The van der Waals surface area contributed by atoms with Gasteiger partial charge in [0.15, 0.2) is 6.61 Å². The van der Waals surface area contributed by atoms with Gasteiger partial charge in [-0.25, -0.2) is 4.79 Å². The predicted octanol–water partition coefficient (Wildman–Crippen LogP) is -0.879. The normalized spacial score (nSPS) is 10.8. The zero-order valence-electron chi connectivity index (χ0n) is 8.98. The Labute approximate surface area is 92.3 Å². The molecule has 1 unspecified atom stereocenters. The Kier molecular flexibility index (Phi) is 6.28. The Morgan fingerprint density at radius 1 is 1.38 bits per heavy atom. The number of hydrogen-bond acceptors (Lipinski definition) is 6. The minimum atomic E-state index is -1.39. The van der Waals surface area contributed by atoms with Crippen molar-refractivity contribution < 1.29 is 23.9 Å². The molecule has 0 aromatic heterocycles. The lowest BCUT2D eigenvalue weighted by Gasteiger charge is -2.10. The average molecular weight is 228 g/mol. The maximum atomic E-state index is 11.1. The van der Waals surface area contributed by atoms with E-state index in [1.807, 2.05) is 0 Å². The van der Waals surface area contributed by atoms with Crippen LogP contribution >= 0.6 is 0 Å². The molecule has 0 saturated carbocycles. The Morgan fingerprint density at radius 2 is 2.00 bits per heavy atom. The fraction of sp³-hybridized carbons (Fsp3) is 0.556. The summed E-state index contributed by atoms with van der Waals surface area (Å²) in [6.45, 7) is 2.29. The maximum absolute atomic E-state index is 11.1. The number of esters is 2. The summed E-state index contributed by atoms with van der Waals surface area (Å²) in [4.78, 5) is 32.5. The molecule has 1 atom stereocenters. The lowest BCUT2D eigenvalue weighted by Crippen LogP contribution is -2.42. The molecule has 0 aliphatic heterocycles. The van der Waals surface area contributed by atoms with Gasteiger partial charge < -0.3 is 14.8 Å². The smallest absolute Gasteiger partial charge is 0.343 e. The van der Waals surface area contributed by atoms with E-state index in [0.29, 0.717) is 0 Å². The number of ether oxygens (including phenoxy) is 2. The van der Waals surface area contributed by atoms with Gasteiger partial charge in [-0.3, -0.25) is 9.59 Å². The second kappa shape index (κ2) is 7.23. The second-order valence-electron chi connectivity index (χ2n) is 2.66. The highest BCUT2D eigenvalue weighted by Crippen LogP contribution is 1.88. The van der Waals surface area contributed by atoms with Crippen LogP contribution in [0.2, 0.25) is 0 Å². The van der Waals surface area contributed by atoms with Crippen molar-refractivity contribution in [3.8, 4) is 6.07 Å². The molecule has 1 amide bonds. The summed E-state index contributed by atoms with van der Waals surface area (Å²) in [6, 6.07) is 0.172. The molecule has 0 radical (unpaired) electrons. The molecular formula is C9H12N2O5. The summed E-state index contributed by atoms with van der Waals surface area (Å²) in [5.41, 5.74) is 0. The van der Waals surface area contributed by atoms with Crippen LogP contribution in [0.25, 0.3) is 0 Å². The minimum absolute atomic E-state index is 0.108. The first-order chi connectivity index (χ1) is 7.51. The molecule has 0 aliphatic carbocycles. The van der Waals surface area contributed by atoms with E-state index in [1.54, 1.807) is 13.0 Å². The van der Waals surface area contributed by atoms with Crippen LogP contribution < -0.4 is 5.32 Å². The van der Waals surface area contributed by atoms with E-state index >= 15 is 0 Å². The van der Waals surface area contributed by atoms with Crippen LogP contribution in [0.5, 0.6) is 0 Å². The van der Waals surface area contributed by atoms with Crippen LogP contribution in [-0.4, -0.2) is 37.1 Å². The molecule has 1 N–H and O–H groups in total. The first kappa shape index (κ1) is 13.9. The van der Waals surface area contributed by atoms with Crippen LogP contribution in [0.3, 0.4) is 0 Å². The summed E-state index contributed by atoms with van der Waals surface area (Å²) in [5, 5.41) is 10.6. The summed E-state index contributed by atoms with van der Waals surface area (Å²) < 4.78 is 8.91. The maximum Gasteiger partial charge on any atom is 0.343 e. The van der Waals surface area contributed by atoms with Crippen molar-refractivity contribution in [1.82, 2.24) is 5.32 Å². The Hall–Kier alpha value is -2.10. The van der Waals surface area contributed by atoms with Gasteiger partial charge >= 0.3 is 11.9 Å². The van der Waals surface area contributed by atoms with E-state index < -0.39 is 30.5 Å². The molecule has 7 nitrogen and oxygen atoms in total. The van der Waals surface area contributed by atoms with Gasteiger partial charge in [-0.05, 0) is 6.92 Å². The Balaban J connectivity index is 4.13. The molecule has 16 heavy (non-hydrogen) atoms. The Bertz CT molecular complexity index is 320. The van der Waals surface area contributed by atoms with E-state index in [9.17, 15) is 14.4 Å². The number of carbonyl (C=O) groups excluding carboxylic acids is 3. The summed E-state index contributed by atoms with van der Waals surface area (Å²) in [7, 11) is 0. The van der Waals surface area contributed by atoms with Gasteiger partial charge in [-0.1, -0.05) is 0 Å². The van der Waals surface area contributed by atoms with Crippen LogP contribution in [0.1, 0.15) is 13.8 Å². The predicted molar refractivity (Wildman–Crippen MR) is 50.8 cm³/mol. The second-order valence-corrected chi connectivity index (χ2v) is 2.66. The fourth-order valence-corrected chi connectivity index (χ4v) is 0.739. The van der Waals surface area contributed by atoms with Gasteiger partial charge in [0.2, 0.25) is 6.04 Å². The number of hydrogen-bond donors (Lipinski definition) is 1. The zero-order chi connectivity index (χ0) is 12.6. The van der Waals surface area contributed by atoms with E-state index in [-0.39, 0.29) is 6.61 Å². The summed E-state index contributed by atoms with van der Waals surface area (Å²) in [5.74, 6) is -2.21. The van der Waals surface area contributed by atoms with Gasteiger partial charge in [-0.2, -0.15) is 5.26 Å². The number of nitriles is 1. The molecule has 0 rings (SSSR count). The largest absolute Gasteiger partial charge is 0.464 e. The van der Waals surface area contributed by atoms with Gasteiger partial charge in [0.05, 0.1) is 12.7 Å². The molecule has 0 aliphatic rings. The first-order valence-corrected chi connectivity index (χ1v) is 4.50. The monoisotopic (exact) mass is 228 g/mol. The molecule has 7 heteroatoms. The fourth-order valence-electron chi connectivity index (χ4n) is 0.739. The third-order valence-corrected chi connectivity index (χ3v) is 1.36. The summed E-state index contributed by atoms with van der Waals surface area (Å²) in [6.07, 6.45) is 0. The number of rotatable bonds is 5. The molecule has 88 valence electrons. The van der Waals surface area contributed by atoms with Crippen LogP contribution in [0, 0.1) is 11.3 Å². The van der Waals surface area contributed by atoms with Crippen molar-refractivity contribution in [3.63, 3.8) is 0 Å². The lowest BCUT2D eigenvalue weighted by atomic mass is 10.3. The van der Waals surface area contributed by atoms with E-state index in [0.717, 1.165) is 6.92 Å². The average Bonchev–Trinajstić information content (AvgIpc) is 2.23. The number of amides is 1. The van der Waals surface area contributed by atoms with Crippen molar-refractivity contribution >= 4 is 17.8 Å². The van der Waals surface area contributed by atoms with E-state index in [1.165, 1.54) is 0 Å². The quantitative estimate of drug-likeness (QED) is 0.612. The number of nitrogens with one attached hydrogen (secondary N) is 1. The zero-order valence-corrected chi connectivity index (χ0v) is 8.98. The van der Waals surface area contributed by atoms with Crippen molar-refractivity contribution in [2.75, 3.05) is 13.2 Å². The van der Waals surface area contributed by atoms with Gasteiger partial charge in [-0.15, -0.1) is 0 Å². The lowest BCUT2D eigenvalue weighted by molar-refractivity contribution is -0.148. The third-order valence-electron chi connectivity index (χ3n) is 1.36. The van der Waals surface area contributed by atoms with Crippen molar-refractivity contribution in [2.24, 2.45) is 0 Å². The van der Waals surface area contributed by atoms with Crippen LogP contribution in [0.15, 0.2) is 0 Å². The molecule has 0 heterocycles. The molecule has 0 aromatic carbocycles. The molecular weight excluding hydrogens is 216 g/mol. The van der Waals surface area contributed by atoms with Gasteiger partial charge in [0.25, 0.3) is 5.91 Å². The van der Waals surface area contributed by atoms with Crippen LogP contribution in [-0.2, 0) is 23.9 Å². The molecule has 0 saturated heterocycles. The number of nitrogens with zero attached hydrogens (tertiary/aromatic N) is 1. The standard InChI is InChI=1S/C9H12N2O5/c1-3-15-9(14)7(4-10)11-8(13)5-16-6(2)12/h7H,3,5H2,1-2H3,(H,11,13). The first-order valence-electron chi connectivity index (χ1n) is 4.50. The molecule has 0 aromatic rings. The van der Waals surface area contributed by atoms with Crippen molar-refractivity contribution in [2.45, 2.75) is 19.9 Å². The van der Waals surface area contributed by atoms with E-state index in [4.69, 9.17) is 5.26 Å². The van der Waals surface area contributed by atoms with Gasteiger partial charge in [0, 0.05) is 6.92 Å². The van der Waals surface area contributed by atoms with Crippen LogP contribution in [0.4, 0.5) is 0 Å². The Morgan fingerprint density at radius 3 is 2.44 bits per heavy atom. The van der Waals surface area contributed by atoms with E-state index in [2.05, 4.69) is 14.8 Å². The highest BCUT2D eigenvalue weighted by molar-refractivity contribution is 5.87. The summed E-state index contributed by atoms with van der Waals surface area (Å²) >= 11 is 0. The van der Waals surface area contributed by atoms with Gasteiger partial charge in [0.1, 0.15) is 0 Å². The van der Waals surface area contributed by atoms with Crippen molar-refractivity contribution in [3.05, 3.63) is 0 Å². The molecule has 0 bridgehead atoms. The molecule has 0 fully saturated rings. The van der Waals surface area contributed by atoms with Crippen molar-refractivity contribution in [1.29, 1.82) is 5.26 Å². The minimum Gasteiger partial charge on any atom is -0.464 e. The topological polar surface area (TPSA) is 105 Å². The third kappa shape index (κ3) is 5.59. The highest BCUT2D eigenvalue weighted by Gasteiger charge is 2.21. The number of carbonyl (C=O) groups is 3. The SMILES string of the molecule is CCOC(=O)C(C#N)NC(=O)COC(C)=O.